The zero-order chi connectivity index (χ0) is 16.2. The van der Waals surface area contributed by atoms with Crippen LogP contribution in [-0.2, 0) is 9.59 Å². The molecule has 0 bridgehead atoms. The average Bonchev–Trinajstić information content (AvgIpc) is 2.34. The number of alkyl halides is 3. The molecule has 2 atom stereocenters. The SMILES string of the molecule is CC(=O)[C@H](C(=O)Nc1ccccc1)[C@H](N(C)C)C(Cl)(Cl)Cl. The van der Waals surface area contributed by atoms with Gasteiger partial charge in [-0.2, -0.15) is 0 Å². The predicted octanol–water partition coefficient (Wildman–Crippen LogP) is 3.13. The second-order valence-corrected chi connectivity index (χ2v) is 7.26. The van der Waals surface area contributed by atoms with Gasteiger partial charge in [0.05, 0.1) is 6.04 Å². The highest BCUT2D eigenvalue weighted by atomic mass is 35.6. The zero-order valence-electron chi connectivity index (χ0n) is 11.9. The van der Waals surface area contributed by atoms with Gasteiger partial charge >= 0.3 is 0 Å². The van der Waals surface area contributed by atoms with E-state index < -0.39 is 21.7 Å². The van der Waals surface area contributed by atoms with Gasteiger partial charge in [-0.25, -0.2) is 0 Å². The van der Waals surface area contributed by atoms with E-state index in [1.807, 2.05) is 6.07 Å². The van der Waals surface area contributed by atoms with Crippen molar-refractivity contribution in [1.29, 1.82) is 0 Å². The van der Waals surface area contributed by atoms with Gasteiger partial charge in [0, 0.05) is 5.69 Å². The monoisotopic (exact) mass is 350 g/mol. The Labute approximate surface area is 139 Å². The van der Waals surface area contributed by atoms with Crippen LogP contribution in [0.3, 0.4) is 0 Å². The first-order valence-corrected chi connectivity index (χ1v) is 7.37. The third-order valence-corrected chi connectivity index (χ3v) is 3.64. The van der Waals surface area contributed by atoms with Crippen LogP contribution in [0.15, 0.2) is 30.3 Å². The number of anilines is 1. The first kappa shape index (κ1) is 18.2. The number of nitrogens with zero attached hydrogens (tertiary/aromatic N) is 1. The Bertz CT molecular complexity index is 501. The lowest BCUT2D eigenvalue weighted by molar-refractivity contribution is -0.132. The Morgan fingerprint density at radius 2 is 1.67 bits per heavy atom. The molecule has 21 heavy (non-hydrogen) atoms. The van der Waals surface area contributed by atoms with E-state index in [1.165, 1.54) is 6.92 Å². The molecule has 0 saturated carbocycles. The van der Waals surface area contributed by atoms with Gasteiger partial charge in [0.2, 0.25) is 9.70 Å². The minimum absolute atomic E-state index is 0.367. The topological polar surface area (TPSA) is 49.4 Å². The number of hydrogen-bond acceptors (Lipinski definition) is 3. The van der Waals surface area contributed by atoms with Crippen molar-refractivity contribution < 1.29 is 9.59 Å². The van der Waals surface area contributed by atoms with Crippen LogP contribution in [-0.4, -0.2) is 40.5 Å². The Kier molecular flexibility index (Phi) is 6.47. The number of Topliss-reactive ketones (excluding diaryl/α,β-unsaturated/α-hetero) is 1. The Balaban J connectivity index is 3.05. The lowest BCUT2D eigenvalue weighted by atomic mass is 9.94. The van der Waals surface area contributed by atoms with Crippen molar-refractivity contribution in [2.75, 3.05) is 19.4 Å². The van der Waals surface area contributed by atoms with Gasteiger partial charge in [0.15, 0.2) is 0 Å². The number of carbonyl (C=O) groups is 2. The number of amides is 1. The van der Waals surface area contributed by atoms with E-state index in [2.05, 4.69) is 5.32 Å². The van der Waals surface area contributed by atoms with E-state index in [0.717, 1.165) is 0 Å². The Morgan fingerprint density at radius 3 is 2.05 bits per heavy atom. The highest BCUT2D eigenvalue weighted by Gasteiger charge is 2.45. The van der Waals surface area contributed by atoms with Crippen molar-refractivity contribution in [2.24, 2.45) is 5.92 Å². The Hall–Kier alpha value is -0.810. The van der Waals surface area contributed by atoms with E-state index in [9.17, 15) is 9.59 Å². The number of benzene rings is 1. The van der Waals surface area contributed by atoms with Crippen LogP contribution < -0.4 is 5.32 Å². The van der Waals surface area contributed by atoms with Gasteiger partial charge in [-0.15, -0.1) is 0 Å². The smallest absolute Gasteiger partial charge is 0.236 e. The standard InChI is InChI=1S/C14H17Cl3N2O2/c1-9(20)11(12(19(2)3)14(15,16)17)13(21)18-10-7-5-4-6-8-10/h4-8,11-12H,1-3H3,(H,18,21)/t11-,12-/m0/s1. The lowest BCUT2D eigenvalue weighted by Gasteiger charge is -2.35. The van der Waals surface area contributed by atoms with Crippen LogP contribution in [0.25, 0.3) is 0 Å². The summed E-state index contributed by atoms with van der Waals surface area (Å²) in [5, 5.41) is 2.67. The van der Waals surface area contributed by atoms with Gasteiger partial charge in [0.25, 0.3) is 0 Å². The van der Waals surface area contributed by atoms with Crippen molar-refractivity contribution in [1.82, 2.24) is 4.90 Å². The highest BCUT2D eigenvalue weighted by molar-refractivity contribution is 6.68. The second kappa shape index (κ2) is 7.45. The average molecular weight is 352 g/mol. The van der Waals surface area contributed by atoms with E-state index in [-0.39, 0.29) is 5.78 Å². The molecule has 0 aliphatic heterocycles. The molecular formula is C14H17Cl3N2O2. The number of para-hydroxylation sites is 1. The molecule has 0 aliphatic rings. The molecule has 0 unspecified atom stereocenters. The molecule has 1 aromatic rings. The first-order chi connectivity index (χ1) is 9.64. The molecule has 7 heteroatoms. The van der Waals surface area contributed by atoms with Crippen molar-refractivity contribution in [3.05, 3.63) is 30.3 Å². The summed E-state index contributed by atoms with van der Waals surface area (Å²) in [6, 6.07) is 7.93. The highest BCUT2D eigenvalue weighted by Crippen LogP contribution is 2.37. The number of ketones is 1. The summed E-state index contributed by atoms with van der Waals surface area (Å²) in [4.78, 5) is 25.9. The Morgan fingerprint density at radius 1 is 1.14 bits per heavy atom. The molecule has 1 amide bonds. The molecule has 0 spiro atoms. The van der Waals surface area contributed by atoms with Crippen molar-refractivity contribution in [3.63, 3.8) is 0 Å². The number of rotatable bonds is 5. The number of carbonyl (C=O) groups excluding carboxylic acids is 2. The minimum atomic E-state index is -1.77. The van der Waals surface area contributed by atoms with Crippen LogP contribution in [0, 0.1) is 5.92 Å². The summed E-state index contributed by atoms with van der Waals surface area (Å²) < 4.78 is -1.77. The summed E-state index contributed by atoms with van der Waals surface area (Å²) in [6.45, 7) is 1.31. The second-order valence-electron chi connectivity index (χ2n) is 4.89. The maximum absolute atomic E-state index is 12.4. The third kappa shape index (κ3) is 5.15. The maximum atomic E-state index is 12.4. The molecule has 116 valence electrons. The van der Waals surface area contributed by atoms with Crippen LogP contribution in [0.5, 0.6) is 0 Å². The van der Waals surface area contributed by atoms with E-state index >= 15 is 0 Å². The fourth-order valence-electron chi connectivity index (χ4n) is 2.07. The van der Waals surface area contributed by atoms with Gasteiger partial charge in [-0.05, 0) is 33.2 Å². The predicted molar refractivity (Wildman–Crippen MR) is 87.0 cm³/mol. The van der Waals surface area contributed by atoms with E-state index in [0.29, 0.717) is 5.69 Å². The molecule has 0 saturated heterocycles. The number of hydrogen-bond donors (Lipinski definition) is 1. The van der Waals surface area contributed by atoms with Crippen LogP contribution in [0.2, 0.25) is 0 Å². The summed E-state index contributed by atoms with van der Waals surface area (Å²) in [7, 11) is 3.30. The molecule has 0 aromatic heterocycles. The van der Waals surface area contributed by atoms with E-state index in [1.54, 1.807) is 43.3 Å². The summed E-state index contributed by atoms with van der Waals surface area (Å²) in [5.41, 5.74) is 0.579. The lowest BCUT2D eigenvalue weighted by Crippen LogP contribution is -2.52. The van der Waals surface area contributed by atoms with Crippen molar-refractivity contribution in [3.8, 4) is 0 Å². The van der Waals surface area contributed by atoms with Crippen molar-refractivity contribution >= 4 is 52.2 Å². The van der Waals surface area contributed by atoms with Gasteiger partial charge < -0.3 is 10.2 Å². The van der Waals surface area contributed by atoms with Gasteiger partial charge in [-0.1, -0.05) is 53.0 Å². The summed E-state index contributed by atoms with van der Waals surface area (Å²) in [5.74, 6) is -1.96. The van der Waals surface area contributed by atoms with Crippen LogP contribution in [0.1, 0.15) is 6.92 Å². The zero-order valence-corrected chi connectivity index (χ0v) is 14.2. The molecule has 1 aromatic carbocycles. The van der Waals surface area contributed by atoms with Crippen molar-refractivity contribution in [2.45, 2.75) is 16.8 Å². The molecule has 1 rings (SSSR count). The minimum Gasteiger partial charge on any atom is -0.325 e. The molecule has 0 heterocycles. The maximum Gasteiger partial charge on any atom is 0.236 e. The fourth-order valence-corrected chi connectivity index (χ4v) is 3.04. The largest absolute Gasteiger partial charge is 0.325 e. The van der Waals surface area contributed by atoms with Gasteiger partial charge in [0.1, 0.15) is 11.7 Å². The normalized spacial score (nSPS) is 14.6. The third-order valence-electron chi connectivity index (χ3n) is 2.97. The molecule has 1 N–H and O–H groups in total. The molecule has 0 aliphatic carbocycles. The van der Waals surface area contributed by atoms with Crippen LogP contribution in [0.4, 0.5) is 5.69 Å². The summed E-state index contributed by atoms with van der Waals surface area (Å²) in [6.07, 6.45) is 0. The number of halogens is 3. The quantitative estimate of drug-likeness (QED) is 0.655. The van der Waals surface area contributed by atoms with Gasteiger partial charge in [-0.3, -0.25) is 9.59 Å². The first-order valence-electron chi connectivity index (χ1n) is 6.24. The summed E-state index contributed by atoms with van der Waals surface area (Å²) >= 11 is 17.8. The van der Waals surface area contributed by atoms with E-state index in [4.69, 9.17) is 34.8 Å². The molecule has 0 fully saturated rings. The fraction of sp³-hybridized carbons (Fsp3) is 0.429. The molecule has 4 nitrogen and oxygen atoms in total. The van der Waals surface area contributed by atoms with Crippen LogP contribution >= 0.6 is 34.8 Å². The molecule has 0 radical (unpaired) electrons. The molecular weight excluding hydrogens is 335 g/mol. The number of nitrogens with one attached hydrogen (secondary N) is 1.